The summed E-state index contributed by atoms with van der Waals surface area (Å²) >= 11 is 0. The zero-order valence-electron chi connectivity index (χ0n) is 11.2. The van der Waals surface area contributed by atoms with Gasteiger partial charge in [0.1, 0.15) is 12.6 Å². The van der Waals surface area contributed by atoms with Crippen molar-refractivity contribution in [2.24, 2.45) is 0 Å². The number of amides is 1. The molecule has 2 aliphatic rings. The number of likely N-dealkylation sites (tertiary alicyclic amines) is 1. The van der Waals surface area contributed by atoms with Crippen LogP contribution in [0.15, 0.2) is 6.20 Å². The van der Waals surface area contributed by atoms with Gasteiger partial charge in [0.25, 0.3) is 0 Å². The third-order valence-electron chi connectivity index (χ3n) is 3.96. The number of piperidine rings is 1. The van der Waals surface area contributed by atoms with Gasteiger partial charge in [0.05, 0.1) is 5.69 Å². The maximum atomic E-state index is 12.3. The van der Waals surface area contributed by atoms with Crippen molar-refractivity contribution in [2.75, 3.05) is 6.54 Å². The van der Waals surface area contributed by atoms with E-state index in [-0.39, 0.29) is 12.5 Å². The SMILES string of the molecule is O=C(O)[C@H]1CCCCN1C(=O)Cn1cc(C2CC2)nn1. The number of carbonyl (C=O) groups is 2. The summed E-state index contributed by atoms with van der Waals surface area (Å²) in [5, 5.41) is 17.2. The Labute approximate surface area is 116 Å². The van der Waals surface area contributed by atoms with E-state index in [2.05, 4.69) is 10.3 Å². The molecule has 1 N–H and O–H groups in total. The predicted molar refractivity (Wildman–Crippen MR) is 69.0 cm³/mol. The lowest BCUT2D eigenvalue weighted by Crippen LogP contribution is -2.49. The molecule has 3 rings (SSSR count). The Morgan fingerprint density at radius 3 is 2.80 bits per heavy atom. The second kappa shape index (κ2) is 5.22. The number of carbonyl (C=O) groups excluding carboxylic acids is 1. The van der Waals surface area contributed by atoms with E-state index in [1.165, 1.54) is 9.58 Å². The maximum absolute atomic E-state index is 12.3. The molecule has 0 spiro atoms. The number of aliphatic carboxylic acids is 1. The van der Waals surface area contributed by atoms with Gasteiger partial charge in [-0.1, -0.05) is 5.21 Å². The predicted octanol–water partition coefficient (Wildman–Crippen LogP) is 0.621. The van der Waals surface area contributed by atoms with Gasteiger partial charge in [-0.05, 0) is 32.1 Å². The summed E-state index contributed by atoms with van der Waals surface area (Å²) in [4.78, 5) is 24.9. The molecule has 0 bridgehead atoms. The molecule has 20 heavy (non-hydrogen) atoms. The van der Waals surface area contributed by atoms with Crippen molar-refractivity contribution in [3.05, 3.63) is 11.9 Å². The molecule has 1 aromatic rings. The lowest BCUT2D eigenvalue weighted by atomic mass is 10.0. The lowest BCUT2D eigenvalue weighted by Gasteiger charge is -2.32. The van der Waals surface area contributed by atoms with Crippen LogP contribution in [0.25, 0.3) is 0 Å². The zero-order valence-corrected chi connectivity index (χ0v) is 11.2. The minimum absolute atomic E-state index is 0.0729. The van der Waals surface area contributed by atoms with E-state index in [1.54, 1.807) is 6.20 Å². The summed E-state index contributed by atoms with van der Waals surface area (Å²) in [7, 11) is 0. The molecule has 0 aromatic carbocycles. The molecule has 7 heteroatoms. The monoisotopic (exact) mass is 278 g/mol. The van der Waals surface area contributed by atoms with Gasteiger partial charge in [-0.3, -0.25) is 4.79 Å². The fourth-order valence-corrected chi connectivity index (χ4v) is 2.67. The van der Waals surface area contributed by atoms with Crippen LogP contribution in [0.2, 0.25) is 0 Å². The maximum Gasteiger partial charge on any atom is 0.326 e. The smallest absolute Gasteiger partial charge is 0.326 e. The second-order valence-corrected chi connectivity index (χ2v) is 5.55. The van der Waals surface area contributed by atoms with E-state index in [1.807, 2.05) is 0 Å². The number of hydrogen-bond acceptors (Lipinski definition) is 4. The highest BCUT2D eigenvalue weighted by atomic mass is 16.4. The highest BCUT2D eigenvalue weighted by molar-refractivity contribution is 5.83. The Balaban J connectivity index is 1.65. The van der Waals surface area contributed by atoms with Crippen molar-refractivity contribution in [1.82, 2.24) is 19.9 Å². The van der Waals surface area contributed by atoms with Gasteiger partial charge in [-0.2, -0.15) is 0 Å². The van der Waals surface area contributed by atoms with Gasteiger partial charge in [0.2, 0.25) is 5.91 Å². The Morgan fingerprint density at radius 2 is 2.10 bits per heavy atom. The molecule has 1 amide bonds. The molecule has 1 saturated carbocycles. The van der Waals surface area contributed by atoms with Crippen LogP contribution in [0.5, 0.6) is 0 Å². The van der Waals surface area contributed by atoms with Gasteiger partial charge in [0.15, 0.2) is 0 Å². The zero-order chi connectivity index (χ0) is 14.1. The number of rotatable bonds is 4. The van der Waals surface area contributed by atoms with Crippen LogP contribution in [-0.2, 0) is 16.1 Å². The first-order valence-corrected chi connectivity index (χ1v) is 7.07. The van der Waals surface area contributed by atoms with E-state index in [4.69, 9.17) is 0 Å². The number of carboxylic acids is 1. The number of hydrogen-bond donors (Lipinski definition) is 1. The van der Waals surface area contributed by atoms with Crippen LogP contribution in [0.1, 0.15) is 43.7 Å². The van der Waals surface area contributed by atoms with E-state index in [9.17, 15) is 14.7 Å². The van der Waals surface area contributed by atoms with Crippen molar-refractivity contribution in [3.63, 3.8) is 0 Å². The fourth-order valence-electron chi connectivity index (χ4n) is 2.67. The van der Waals surface area contributed by atoms with Gasteiger partial charge in [-0.25, -0.2) is 9.48 Å². The summed E-state index contributed by atoms with van der Waals surface area (Å²) in [5.41, 5.74) is 0.936. The first-order chi connectivity index (χ1) is 9.65. The molecule has 2 fully saturated rings. The van der Waals surface area contributed by atoms with E-state index >= 15 is 0 Å². The van der Waals surface area contributed by atoms with Crippen molar-refractivity contribution in [2.45, 2.75) is 50.6 Å². The van der Waals surface area contributed by atoms with E-state index < -0.39 is 12.0 Å². The average molecular weight is 278 g/mol. The van der Waals surface area contributed by atoms with Crippen LogP contribution < -0.4 is 0 Å². The Bertz CT molecular complexity index is 523. The van der Waals surface area contributed by atoms with Crippen LogP contribution in [-0.4, -0.2) is 49.5 Å². The van der Waals surface area contributed by atoms with Crippen LogP contribution >= 0.6 is 0 Å². The van der Waals surface area contributed by atoms with Gasteiger partial charge >= 0.3 is 5.97 Å². The third-order valence-corrected chi connectivity index (χ3v) is 3.96. The number of aromatic nitrogens is 3. The minimum Gasteiger partial charge on any atom is -0.480 e. The van der Waals surface area contributed by atoms with Gasteiger partial charge in [-0.15, -0.1) is 5.10 Å². The molecule has 1 aromatic heterocycles. The normalized spacial score (nSPS) is 22.8. The molecule has 1 aliphatic carbocycles. The topological polar surface area (TPSA) is 88.3 Å². The van der Waals surface area contributed by atoms with Crippen molar-refractivity contribution < 1.29 is 14.7 Å². The first-order valence-electron chi connectivity index (χ1n) is 7.07. The molecular weight excluding hydrogens is 260 g/mol. The highest BCUT2D eigenvalue weighted by Gasteiger charge is 2.32. The van der Waals surface area contributed by atoms with Crippen molar-refractivity contribution in [3.8, 4) is 0 Å². The summed E-state index contributed by atoms with van der Waals surface area (Å²) in [6.45, 7) is 0.587. The van der Waals surface area contributed by atoms with E-state index in [0.29, 0.717) is 18.9 Å². The standard InChI is InChI=1S/C13H18N4O3/c18-12(17-6-2-1-3-11(17)13(19)20)8-16-7-10(14-15-16)9-4-5-9/h7,9,11H,1-6,8H2,(H,19,20)/t11-/m1/s1. The molecule has 1 saturated heterocycles. The molecule has 0 radical (unpaired) electrons. The molecule has 108 valence electrons. The molecule has 1 aliphatic heterocycles. The van der Waals surface area contributed by atoms with Gasteiger partial charge in [0, 0.05) is 18.7 Å². The summed E-state index contributed by atoms with van der Waals surface area (Å²) in [6, 6.07) is -0.692. The summed E-state index contributed by atoms with van der Waals surface area (Å²) < 4.78 is 1.52. The number of carboxylic acid groups (broad SMARTS) is 1. The Kier molecular flexibility index (Phi) is 3.42. The van der Waals surface area contributed by atoms with Crippen molar-refractivity contribution >= 4 is 11.9 Å². The van der Waals surface area contributed by atoms with Crippen LogP contribution in [0.3, 0.4) is 0 Å². The molecule has 2 heterocycles. The first kappa shape index (κ1) is 13.1. The quantitative estimate of drug-likeness (QED) is 0.872. The Morgan fingerprint density at radius 1 is 1.30 bits per heavy atom. The van der Waals surface area contributed by atoms with Gasteiger partial charge < -0.3 is 10.0 Å². The lowest BCUT2D eigenvalue weighted by molar-refractivity contribution is -0.152. The average Bonchev–Trinajstić information content (AvgIpc) is 3.19. The van der Waals surface area contributed by atoms with Crippen LogP contribution in [0, 0.1) is 0 Å². The molecule has 1 atom stereocenters. The second-order valence-electron chi connectivity index (χ2n) is 5.55. The van der Waals surface area contributed by atoms with Crippen LogP contribution in [0.4, 0.5) is 0 Å². The molecular formula is C13H18N4O3. The summed E-state index contributed by atoms with van der Waals surface area (Å²) in [6.07, 6.45) is 6.33. The largest absolute Gasteiger partial charge is 0.480 e. The molecule has 0 unspecified atom stereocenters. The number of nitrogens with zero attached hydrogens (tertiary/aromatic N) is 4. The van der Waals surface area contributed by atoms with E-state index in [0.717, 1.165) is 31.4 Å². The Hall–Kier alpha value is -1.92. The molecule has 7 nitrogen and oxygen atoms in total. The highest BCUT2D eigenvalue weighted by Crippen LogP contribution is 2.38. The third kappa shape index (κ3) is 2.66. The van der Waals surface area contributed by atoms with Crippen molar-refractivity contribution in [1.29, 1.82) is 0 Å². The minimum atomic E-state index is -0.921. The summed E-state index contributed by atoms with van der Waals surface area (Å²) in [5.74, 6) is -0.611. The fraction of sp³-hybridized carbons (Fsp3) is 0.692.